The highest BCUT2D eigenvalue weighted by molar-refractivity contribution is 5.76. The first-order chi connectivity index (χ1) is 18.8. The number of aromatic amines is 1. The minimum atomic E-state index is -4.89. The summed E-state index contributed by atoms with van der Waals surface area (Å²) in [5.74, 6) is 0.636. The number of carbonyl (C=O) groups is 1. The molecule has 0 radical (unpaired) electrons. The van der Waals surface area contributed by atoms with Crippen LogP contribution in [0.1, 0.15) is 29.2 Å². The maximum Gasteiger partial charge on any atom is 0.423 e. The van der Waals surface area contributed by atoms with Gasteiger partial charge in [-0.15, -0.1) is 0 Å². The van der Waals surface area contributed by atoms with E-state index in [9.17, 15) is 22.8 Å². The molecular formula is C25H25F3N8O3. The Balaban J connectivity index is 1.31. The molecule has 1 aliphatic rings. The van der Waals surface area contributed by atoms with Crippen molar-refractivity contribution in [2.75, 3.05) is 49.6 Å². The van der Waals surface area contributed by atoms with E-state index in [-0.39, 0.29) is 25.5 Å². The SMILES string of the molecule is N#Cc1ccc(N2CCN(C(=O)CCOCC(Nc3cn[nH]c(=O)c3C(F)(F)F)c3ccncc3)CC2)nc1. The van der Waals surface area contributed by atoms with E-state index in [2.05, 4.69) is 20.4 Å². The molecule has 14 heteroatoms. The molecule has 204 valence electrons. The summed E-state index contributed by atoms with van der Waals surface area (Å²) >= 11 is 0. The summed E-state index contributed by atoms with van der Waals surface area (Å²) in [5.41, 5.74) is -2.17. The molecule has 4 rings (SSSR count). The number of halogens is 3. The summed E-state index contributed by atoms with van der Waals surface area (Å²) in [6, 6.07) is 7.96. The first-order valence-electron chi connectivity index (χ1n) is 12.0. The smallest absolute Gasteiger partial charge is 0.378 e. The Hall–Kier alpha value is -4.51. The maximum absolute atomic E-state index is 13.5. The van der Waals surface area contributed by atoms with Gasteiger partial charge in [0.1, 0.15) is 17.5 Å². The fraction of sp³-hybridized carbons (Fsp3) is 0.360. The van der Waals surface area contributed by atoms with Crippen LogP contribution in [0.5, 0.6) is 0 Å². The van der Waals surface area contributed by atoms with Gasteiger partial charge in [0, 0.05) is 44.8 Å². The number of hydrogen-bond donors (Lipinski definition) is 2. The third-order valence-electron chi connectivity index (χ3n) is 6.16. The van der Waals surface area contributed by atoms with E-state index in [1.54, 1.807) is 34.3 Å². The number of nitriles is 1. The first-order valence-corrected chi connectivity index (χ1v) is 12.0. The van der Waals surface area contributed by atoms with E-state index in [0.29, 0.717) is 37.3 Å². The fourth-order valence-electron chi connectivity index (χ4n) is 4.14. The number of aromatic nitrogens is 4. The molecule has 4 heterocycles. The van der Waals surface area contributed by atoms with Gasteiger partial charge in [-0.1, -0.05) is 0 Å². The quantitative estimate of drug-likeness (QED) is 0.390. The fourth-order valence-corrected chi connectivity index (χ4v) is 4.14. The second kappa shape index (κ2) is 12.4. The van der Waals surface area contributed by atoms with Gasteiger partial charge in [0.15, 0.2) is 0 Å². The number of nitrogens with zero attached hydrogens (tertiary/aromatic N) is 6. The highest BCUT2D eigenvalue weighted by Gasteiger charge is 2.38. The Morgan fingerprint density at radius 3 is 2.54 bits per heavy atom. The first kappa shape index (κ1) is 27.5. The molecule has 0 bridgehead atoms. The number of hydrogen-bond acceptors (Lipinski definition) is 9. The summed E-state index contributed by atoms with van der Waals surface area (Å²) in [4.78, 5) is 36.5. The molecule has 0 saturated carbocycles. The Bertz CT molecular complexity index is 1350. The number of piperazine rings is 1. The molecule has 1 fully saturated rings. The number of ether oxygens (including phenoxy) is 1. The average molecular weight is 543 g/mol. The zero-order valence-electron chi connectivity index (χ0n) is 20.7. The van der Waals surface area contributed by atoms with E-state index in [4.69, 9.17) is 10.00 Å². The van der Waals surface area contributed by atoms with Crippen LogP contribution in [0.3, 0.4) is 0 Å². The minimum absolute atomic E-state index is 0.0548. The van der Waals surface area contributed by atoms with Gasteiger partial charge in [-0.3, -0.25) is 14.6 Å². The molecule has 0 aromatic carbocycles. The summed E-state index contributed by atoms with van der Waals surface area (Å²) in [6.07, 6.45) is 0.583. The lowest BCUT2D eigenvalue weighted by Crippen LogP contribution is -2.49. The largest absolute Gasteiger partial charge is 0.423 e. The van der Waals surface area contributed by atoms with E-state index in [1.165, 1.54) is 18.6 Å². The zero-order valence-corrected chi connectivity index (χ0v) is 20.7. The lowest BCUT2D eigenvalue weighted by molar-refractivity contribution is -0.138. The van der Waals surface area contributed by atoms with Gasteiger partial charge in [-0.2, -0.15) is 23.5 Å². The number of amides is 1. The molecule has 1 saturated heterocycles. The van der Waals surface area contributed by atoms with Crippen molar-refractivity contribution in [3.05, 3.63) is 76.1 Å². The van der Waals surface area contributed by atoms with Crippen LogP contribution in [0.2, 0.25) is 0 Å². The monoisotopic (exact) mass is 542 g/mol. The van der Waals surface area contributed by atoms with Gasteiger partial charge in [0.2, 0.25) is 5.91 Å². The Morgan fingerprint density at radius 1 is 1.15 bits per heavy atom. The highest BCUT2D eigenvalue weighted by atomic mass is 19.4. The zero-order chi connectivity index (χ0) is 27.8. The molecule has 3 aromatic heterocycles. The van der Waals surface area contributed by atoms with Crippen molar-refractivity contribution < 1.29 is 22.7 Å². The molecular weight excluding hydrogens is 517 g/mol. The van der Waals surface area contributed by atoms with Crippen LogP contribution in [0.4, 0.5) is 24.7 Å². The van der Waals surface area contributed by atoms with Crippen LogP contribution in [0.25, 0.3) is 0 Å². The van der Waals surface area contributed by atoms with Gasteiger partial charge in [-0.25, -0.2) is 10.1 Å². The van der Waals surface area contributed by atoms with Gasteiger partial charge >= 0.3 is 6.18 Å². The van der Waals surface area contributed by atoms with Crippen molar-refractivity contribution in [2.45, 2.75) is 18.6 Å². The second-order valence-corrected chi connectivity index (χ2v) is 8.67. The average Bonchev–Trinajstić information content (AvgIpc) is 2.94. The van der Waals surface area contributed by atoms with Crippen LogP contribution in [-0.2, 0) is 15.7 Å². The van der Waals surface area contributed by atoms with Crippen molar-refractivity contribution in [3.8, 4) is 6.07 Å². The third-order valence-corrected chi connectivity index (χ3v) is 6.16. The summed E-state index contributed by atoms with van der Waals surface area (Å²) < 4.78 is 46.2. The summed E-state index contributed by atoms with van der Waals surface area (Å²) in [6.45, 7) is 2.16. The third kappa shape index (κ3) is 7.08. The number of anilines is 2. The molecule has 1 unspecified atom stereocenters. The molecule has 0 aliphatic carbocycles. The Morgan fingerprint density at radius 2 is 1.90 bits per heavy atom. The minimum Gasteiger partial charge on any atom is -0.378 e. The normalized spacial score (nSPS) is 14.5. The summed E-state index contributed by atoms with van der Waals surface area (Å²) in [5, 5.41) is 16.9. The Labute approximate surface area is 221 Å². The van der Waals surface area contributed by atoms with E-state index < -0.39 is 29.0 Å². The molecule has 1 atom stereocenters. The second-order valence-electron chi connectivity index (χ2n) is 8.67. The number of pyridine rings is 2. The molecule has 3 aromatic rings. The van der Waals surface area contributed by atoms with Crippen LogP contribution in [0, 0.1) is 11.3 Å². The number of carbonyl (C=O) groups excluding carboxylic acids is 1. The standard InChI is InChI=1S/C25H25F3N8O3/c26-25(27,28)23-19(15-32-34-24(23)38)33-20(18-3-6-30-7-4-18)16-39-12-5-22(37)36-10-8-35(9-11-36)21-2-1-17(13-29)14-31-21/h1-4,6-7,14-15,20H,5,8-12,16H2,(H2,33,34,38). The molecule has 11 nitrogen and oxygen atoms in total. The molecule has 39 heavy (non-hydrogen) atoms. The van der Waals surface area contributed by atoms with Crippen LogP contribution < -0.4 is 15.8 Å². The predicted molar refractivity (Wildman–Crippen MR) is 134 cm³/mol. The lowest BCUT2D eigenvalue weighted by atomic mass is 10.1. The highest BCUT2D eigenvalue weighted by Crippen LogP contribution is 2.33. The van der Waals surface area contributed by atoms with Crippen molar-refractivity contribution in [1.82, 2.24) is 25.1 Å². The van der Waals surface area contributed by atoms with E-state index in [0.717, 1.165) is 12.0 Å². The van der Waals surface area contributed by atoms with Gasteiger partial charge in [0.25, 0.3) is 5.56 Å². The van der Waals surface area contributed by atoms with Gasteiger partial charge < -0.3 is 19.9 Å². The van der Waals surface area contributed by atoms with Crippen LogP contribution in [0.15, 0.2) is 53.8 Å². The number of H-pyrrole nitrogens is 1. The van der Waals surface area contributed by atoms with E-state index in [1.807, 2.05) is 11.0 Å². The maximum atomic E-state index is 13.5. The number of alkyl halides is 3. The predicted octanol–water partition coefficient (Wildman–Crippen LogP) is 2.36. The van der Waals surface area contributed by atoms with Crippen molar-refractivity contribution in [2.24, 2.45) is 0 Å². The number of rotatable bonds is 9. The molecule has 2 N–H and O–H groups in total. The molecule has 1 amide bonds. The lowest BCUT2D eigenvalue weighted by Gasteiger charge is -2.35. The Kier molecular flexibility index (Phi) is 8.72. The number of nitrogens with one attached hydrogen (secondary N) is 2. The van der Waals surface area contributed by atoms with Crippen molar-refractivity contribution >= 4 is 17.4 Å². The van der Waals surface area contributed by atoms with E-state index >= 15 is 0 Å². The van der Waals surface area contributed by atoms with Crippen molar-refractivity contribution in [3.63, 3.8) is 0 Å². The van der Waals surface area contributed by atoms with Crippen molar-refractivity contribution in [1.29, 1.82) is 5.26 Å². The van der Waals surface area contributed by atoms with Gasteiger partial charge in [-0.05, 0) is 29.8 Å². The van der Waals surface area contributed by atoms with Crippen LogP contribution >= 0.6 is 0 Å². The van der Waals surface area contributed by atoms with Crippen LogP contribution in [-0.4, -0.2) is 70.4 Å². The molecule has 0 spiro atoms. The topological polar surface area (TPSA) is 140 Å². The van der Waals surface area contributed by atoms with Gasteiger partial charge in [0.05, 0.1) is 43.1 Å². The summed E-state index contributed by atoms with van der Waals surface area (Å²) in [7, 11) is 0. The molecule has 1 aliphatic heterocycles.